The van der Waals surface area contributed by atoms with Gasteiger partial charge in [-0.2, -0.15) is 13.2 Å². The second-order valence-corrected chi connectivity index (χ2v) is 10.6. The first-order valence-corrected chi connectivity index (χ1v) is 11.9. The van der Waals surface area contributed by atoms with Crippen LogP contribution in [-0.4, -0.2) is 66.2 Å². The second kappa shape index (κ2) is 12.9. The zero-order valence-electron chi connectivity index (χ0n) is 23.2. The molecule has 2 heterocycles. The molecule has 2 atom stereocenters. The predicted octanol–water partition coefficient (Wildman–Crippen LogP) is 4.99. The van der Waals surface area contributed by atoms with Gasteiger partial charge in [0.1, 0.15) is 11.2 Å². The van der Waals surface area contributed by atoms with Gasteiger partial charge in [0.25, 0.3) is 0 Å². The highest BCUT2D eigenvalue weighted by Gasteiger charge is 2.37. The predicted molar refractivity (Wildman–Crippen MR) is 136 cm³/mol. The number of amides is 2. The van der Waals surface area contributed by atoms with Crippen molar-refractivity contribution in [3.05, 3.63) is 23.5 Å². The minimum atomic E-state index is -4.38. The molecule has 0 aromatic rings. The molecule has 0 aromatic carbocycles. The average molecular weight is 547 g/mol. The third-order valence-electron chi connectivity index (χ3n) is 4.79. The molecule has 0 aromatic heterocycles. The van der Waals surface area contributed by atoms with Crippen molar-refractivity contribution in [2.45, 2.75) is 97.7 Å². The molecule has 0 saturated carbocycles. The first-order valence-electron chi connectivity index (χ1n) is 11.9. The number of carbonyl (C=O) groups excluding carboxylic acids is 3. The number of ether oxygens (including phenoxy) is 3. The summed E-state index contributed by atoms with van der Waals surface area (Å²) in [5.74, 6) is -0.400. The number of alkyl carbamates (subject to hydrolysis) is 2. The Bertz CT molecular complexity index is 1020. The highest BCUT2D eigenvalue weighted by molar-refractivity contribution is 6.03. The largest absolute Gasteiger partial charge is 0.466 e. The second-order valence-electron chi connectivity index (χ2n) is 10.6. The highest BCUT2D eigenvalue weighted by Crippen LogP contribution is 2.31. The van der Waals surface area contributed by atoms with Crippen LogP contribution in [0.5, 0.6) is 0 Å². The van der Waals surface area contributed by atoms with Crippen LogP contribution in [0.3, 0.4) is 0 Å². The van der Waals surface area contributed by atoms with E-state index in [1.54, 1.807) is 55.4 Å². The maximum absolute atomic E-state index is 12.4. The molecule has 13 heteroatoms. The molecule has 0 radical (unpaired) electrons. The fourth-order valence-corrected chi connectivity index (χ4v) is 2.99. The Morgan fingerprint density at radius 2 is 1.24 bits per heavy atom. The number of nitrogens with one attached hydrogen (secondary N) is 2. The summed E-state index contributed by atoms with van der Waals surface area (Å²) in [6.07, 6.45) is -3.23. The van der Waals surface area contributed by atoms with E-state index in [4.69, 9.17) is 9.47 Å². The van der Waals surface area contributed by atoms with Crippen LogP contribution >= 0.6 is 0 Å². The number of halogens is 3. The van der Waals surface area contributed by atoms with Gasteiger partial charge in [0.2, 0.25) is 0 Å². The molecule has 0 aliphatic carbocycles. The number of carbonyl (C=O) groups is 3. The van der Waals surface area contributed by atoms with E-state index in [0.29, 0.717) is 17.7 Å². The van der Waals surface area contributed by atoms with Gasteiger partial charge in [-0.3, -0.25) is 9.98 Å². The molecular weight excluding hydrogens is 509 g/mol. The molecule has 0 bridgehead atoms. The third kappa shape index (κ3) is 11.8. The SMILES string of the molecule is COC(=O)C1=CN=C([C@H](C)NC(=O)OC(C)(C)C)C1.C[C@H](NC(=O)OC(C)(C)C)C1=NC=C(C(F)(F)F)C1. The Labute approximate surface area is 220 Å². The van der Waals surface area contributed by atoms with Crippen LogP contribution < -0.4 is 10.6 Å². The topological polar surface area (TPSA) is 128 Å². The van der Waals surface area contributed by atoms with Gasteiger partial charge >= 0.3 is 24.3 Å². The minimum Gasteiger partial charge on any atom is -0.466 e. The van der Waals surface area contributed by atoms with Crippen molar-refractivity contribution < 1.29 is 41.8 Å². The minimum absolute atomic E-state index is 0.262. The smallest absolute Gasteiger partial charge is 0.414 e. The maximum atomic E-state index is 12.4. The molecule has 0 saturated heterocycles. The molecule has 2 aliphatic rings. The Morgan fingerprint density at radius 3 is 1.61 bits per heavy atom. The van der Waals surface area contributed by atoms with Crippen molar-refractivity contribution in [1.82, 2.24) is 10.6 Å². The lowest BCUT2D eigenvalue weighted by molar-refractivity contribution is -0.136. The number of hydrogen-bond acceptors (Lipinski definition) is 8. The number of rotatable bonds is 5. The van der Waals surface area contributed by atoms with Crippen molar-refractivity contribution in [3.63, 3.8) is 0 Å². The summed E-state index contributed by atoms with van der Waals surface area (Å²) in [5, 5.41) is 5.14. The van der Waals surface area contributed by atoms with E-state index in [-0.39, 0.29) is 18.2 Å². The molecule has 38 heavy (non-hydrogen) atoms. The van der Waals surface area contributed by atoms with Gasteiger partial charge in [-0.1, -0.05) is 0 Å². The summed E-state index contributed by atoms with van der Waals surface area (Å²) in [5.41, 5.74) is -0.465. The molecule has 0 spiro atoms. The number of esters is 1. The van der Waals surface area contributed by atoms with Crippen LogP contribution in [-0.2, 0) is 19.0 Å². The van der Waals surface area contributed by atoms with Gasteiger partial charge in [-0.25, -0.2) is 14.4 Å². The molecule has 0 fully saturated rings. The summed E-state index contributed by atoms with van der Waals surface area (Å²) in [4.78, 5) is 42.2. The fraction of sp³-hybridized carbons (Fsp3) is 0.640. The lowest BCUT2D eigenvalue weighted by Gasteiger charge is -2.22. The van der Waals surface area contributed by atoms with Crippen LogP contribution in [0.4, 0.5) is 22.8 Å². The van der Waals surface area contributed by atoms with Gasteiger partial charge in [0, 0.05) is 36.7 Å². The van der Waals surface area contributed by atoms with E-state index < -0.39 is 47.1 Å². The Kier molecular flexibility index (Phi) is 11.1. The lowest BCUT2D eigenvalue weighted by atomic mass is 10.1. The number of hydrogen-bond donors (Lipinski definition) is 2. The average Bonchev–Trinajstić information content (AvgIpc) is 3.40. The quantitative estimate of drug-likeness (QED) is 0.369. The van der Waals surface area contributed by atoms with Crippen LogP contribution in [0.2, 0.25) is 0 Å². The standard InChI is InChI=1S/C13H20N2O4.C12H17F3N2O2/c1-8(15-12(17)19-13(2,3)4)10-6-9(7-14-10)11(16)18-5;1-7(17-10(18)19-11(2,3)4)9-5-8(6-16-9)12(13,14)15/h7-8H,6H2,1-5H3,(H,15,17);6-7H,5H2,1-4H3,(H,17,18)/t8-;7-/m00/s1. The molecule has 214 valence electrons. The van der Waals surface area contributed by atoms with Crippen LogP contribution in [0.25, 0.3) is 0 Å². The van der Waals surface area contributed by atoms with Gasteiger partial charge in [-0.05, 0) is 55.4 Å². The van der Waals surface area contributed by atoms with Gasteiger partial charge in [0.05, 0.1) is 30.3 Å². The monoisotopic (exact) mass is 546 g/mol. The van der Waals surface area contributed by atoms with Crippen molar-refractivity contribution in [2.75, 3.05) is 7.11 Å². The normalized spacial score (nSPS) is 16.9. The molecule has 2 amide bonds. The molecule has 2 rings (SSSR count). The third-order valence-corrected chi connectivity index (χ3v) is 4.79. The zero-order chi connectivity index (χ0) is 29.5. The molecule has 2 aliphatic heterocycles. The summed E-state index contributed by atoms with van der Waals surface area (Å²) >= 11 is 0. The van der Waals surface area contributed by atoms with E-state index in [1.165, 1.54) is 13.3 Å². The number of methoxy groups -OCH3 is 1. The molecular formula is C25H37F3N4O6. The van der Waals surface area contributed by atoms with Crippen LogP contribution in [0, 0.1) is 0 Å². The first-order chi connectivity index (χ1) is 17.2. The summed E-state index contributed by atoms with van der Waals surface area (Å²) in [6.45, 7) is 13.8. The summed E-state index contributed by atoms with van der Waals surface area (Å²) in [6, 6.07) is -0.904. The molecule has 0 unspecified atom stereocenters. The Morgan fingerprint density at radius 1 is 0.816 bits per heavy atom. The van der Waals surface area contributed by atoms with Gasteiger partial charge in [0.15, 0.2) is 0 Å². The maximum Gasteiger partial charge on any atom is 0.414 e. The van der Waals surface area contributed by atoms with Crippen molar-refractivity contribution >= 4 is 29.6 Å². The Hall–Kier alpha value is -3.38. The van der Waals surface area contributed by atoms with Crippen molar-refractivity contribution in [3.8, 4) is 0 Å². The van der Waals surface area contributed by atoms with Crippen LogP contribution in [0.15, 0.2) is 33.5 Å². The van der Waals surface area contributed by atoms with E-state index in [9.17, 15) is 27.6 Å². The van der Waals surface area contributed by atoms with Crippen molar-refractivity contribution in [2.24, 2.45) is 9.98 Å². The molecule has 10 nitrogen and oxygen atoms in total. The lowest BCUT2D eigenvalue weighted by Crippen LogP contribution is -2.41. The number of nitrogens with zero attached hydrogens (tertiary/aromatic N) is 2. The Balaban J connectivity index is 0.000000380. The van der Waals surface area contributed by atoms with E-state index >= 15 is 0 Å². The van der Waals surface area contributed by atoms with E-state index in [2.05, 4.69) is 25.4 Å². The van der Waals surface area contributed by atoms with E-state index in [0.717, 1.165) is 6.20 Å². The summed E-state index contributed by atoms with van der Waals surface area (Å²) in [7, 11) is 1.32. The van der Waals surface area contributed by atoms with Gasteiger partial charge < -0.3 is 24.8 Å². The summed E-state index contributed by atoms with van der Waals surface area (Å²) < 4.78 is 52.1. The number of aliphatic imine (C=N–C) groups is 2. The first kappa shape index (κ1) is 32.6. The van der Waals surface area contributed by atoms with Crippen LogP contribution in [0.1, 0.15) is 68.2 Å². The fourth-order valence-electron chi connectivity index (χ4n) is 2.99. The zero-order valence-corrected chi connectivity index (χ0v) is 23.2. The number of alkyl halides is 3. The number of allylic oxidation sites excluding steroid dienone is 1. The highest BCUT2D eigenvalue weighted by atomic mass is 19.4. The van der Waals surface area contributed by atoms with E-state index in [1.807, 2.05) is 0 Å². The molecule has 2 N–H and O–H groups in total. The van der Waals surface area contributed by atoms with Crippen molar-refractivity contribution in [1.29, 1.82) is 0 Å². The van der Waals surface area contributed by atoms with Gasteiger partial charge in [-0.15, -0.1) is 0 Å².